The van der Waals surface area contributed by atoms with Crippen LogP contribution in [-0.2, 0) is 14.3 Å². The van der Waals surface area contributed by atoms with Crippen molar-refractivity contribution in [2.75, 3.05) is 7.11 Å². The fourth-order valence-corrected chi connectivity index (χ4v) is 6.24. The van der Waals surface area contributed by atoms with Crippen molar-refractivity contribution in [3.05, 3.63) is 11.6 Å². The standard InChI is InChI=1S/C21H34O3/c1-15-8-9-16-18(2,3)10-7-11-20(16,5)21(15)13-12-19(4,24-21)14-17(22)23-6/h8,16H,7,9-14H2,1-6H3/t16-,19-,20+,21+/m0/s1. The van der Waals surface area contributed by atoms with Gasteiger partial charge in [-0.05, 0) is 62.9 Å². The van der Waals surface area contributed by atoms with Crippen molar-refractivity contribution in [3.63, 3.8) is 0 Å². The molecule has 0 bridgehead atoms. The van der Waals surface area contributed by atoms with Gasteiger partial charge in [0.15, 0.2) is 0 Å². The molecule has 0 N–H and O–H groups in total. The summed E-state index contributed by atoms with van der Waals surface area (Å²) in [6, 6.07) is 0. The first-order chi connectivity index (χ1) is 11.1. The molecule has 1 aliphatic heterocycles. The summed E-state index contributed by atoms with van der Waals surface area (Å²) in [5.41, 5.74) is 1.27. The van der Waals surface area contributed by atoms with Crippen molar-refractivity contribution in [3.8, 4) is 0 Å². The number of ether oxygens (including phenoxy) is 2. The summed E-state index contributed by atoms with van der Waals surface area (Å²) >= 11 is 0. The van der Waals surface area contributed by atoms with E-state index in [1.165, 1.54) is 31.9 Å². The molecule has 2 aliphatic carbocycles. The minimum Gasteiger partial charge on any atom is -0.469 e. The summed E-state index contributed by atoms with van der Waals surface area (Å²) in [6.07, 6.45) is 9.67. The van der Waals surface area contributed by atoms with Gasteiger partial charge in [-0.1, -0.05) is 33.3 Å². The van der Waals surface area contributed by atoms with Crippen molar-refractivity contribution in [1.82, 2.24) is 0 Å². The van der Waals surface area contributed by atoms with Crippen LogP contribution in [0.3, 0.4) is 0 Å². The predicted molar refractivity (Wildman–Crippen MR) is 95.7 cm³/mol. The Labute approximate surface area is 147 Å². The molecule has 0 aromatic rings. The molecule has 3 nitrogen and oxygen atoms in total. The molecule has 0 aromatic heterocycles. The quantitative estimate of drug-likeness (QED) is 0.524. The van der Waals surface area contributed by atoms with E-state index < -0.39 is 5.60 Å². The van der Waals surface area contributed by atoms with E-state index in [-0.39, 0.29) is 17.0 Å². The Kier molecular flexibility index (Phi) is 4.18. The predicted octanol–water partition coefficient (Wildman–Crippen LogP) is 5.04. The summed E-state index contributed by atoms with van der Waals surface area (Å²) in [6.45, 7) is 11.7. The molecule has 0 amide bonds. The molecule has 0 aromatic carbocycles. The molecule has 136 valence electrons. The summed E-state index contributed by atoms with van der Waals surface area (Å²) in [5, 5.41) is 0. The van der Waals surface area contributed by atoms with Crippen LogP contribution in [0.2, 0.25) is 0 Å². The molecule has 2 fully saturated rings. The van der Waals surface area contributed by atoms with Crippen LogP contribution in [0, 0.1) is 16.7 Å². The monoisotopic (exact) mass is 334 g/mol. The van der Waals surface area contributed by atoms with E-state index in [9.17, 15) is 4.79 Å². The first kappa shape index (κ1) is 18.0. The Balaban J connectivity index is 1.98. The zero-order chi connectivity index (χ0) is 17.8. The molecule has 1 heterocycles. The molecule has 0 radical (unpaired) electrons. The van der Waals surface area contributed by atoms with Crippen molar-refractivity contribution < 1.29 is 14.3 Å². The lowest BCUT2D eigenvalue weighted by Crippen LogP contribution is -2.59. The molecular formula is C21H34O3. The average Bonchev–Trinajstić information content (AvgIpc) is 2.83. The minimum absolute atomic E-state index is 0.154. The van der Waals surface area contributed by atoms with E-state index in [0.29, 0.717) is 17.8 Å². The van der Waals surface area contributed by atoms with E-state index in [2.05, 4.69) is 40.7 Å². The average molecular weight is 335 g/mol. The zero-order valence-corrected chi connectivity index (χ0v) is 16.3. The van der Waals surface area contributed by atoms with E-state index in [1.54, 1.807) is 0 Å². The van der Waals surface area contributed by atoms with E-state index in [0.717, 1.165) is 19.3 Å². The van der Waals surface area contributed by atoms with Gasteiger partial charge in [0.2, 0.25) is 0 Å². The molecule has 24 heavy (non-hydrogen) atoms. The third-order valence-electron chi connectivity index (χ3n) is 7.62. The van der Waals surface area contributed by atoms with Crippen LogP contribution in [0.1, 0.15) is 79.6 Å². The van der Waals surface area contributed by atoms with E-state index >= 15 is 0 Å². The maximum absolute atomic E-state index is 11.9. The normalized spacial score (nSPS) is 44.1. The highest BCUT2D eigenvalue weighted by molar-refractivity contribution is 5.70. The molecule has 0 unspecified atom stereocenters. The Morgan fingerprint density at radius 2 is 1.92 bits per heavy atom. The highest BCUT2D eigenvalue weighted by Gasteiger charge is 2.64. The number of hydrogen-bond donors (Lipinski definition) is 0. The summed E-state index contributed by atoms with van der Waals surface area (Å²) in [7, 11) is 1.46. The number of esters is 1. The fourth-order valence-electron chi connectivity index (χ4n) is 6.24. The van der Waals surface area contributed by atoms with Crippen LogP contribution < -0.4 is 0 Å². The SMILES string of the molecule is COC(=O)C[C@]1(C)CC[C@@]2(O1)C(C)=CC[C@H]1C(C)(C)CCC[C@]12C. The number of hydrogen-bond acceptors (Lipinski definition) is 3. The third kappa shape index (κ3) is 2.46. The van der Waals surface area contributed by atoms with Gasteiger partial charge in [-0.3, -0.25) is 4.79 Å². The summed E-state index contributed by atoms with van der Waals surface area (Å²) in [4.78, 5) is 11.9. The lowest BCUT2D eigenvalue weighted by molar-refractivity contribution is -0.193. The number of fused-ring (bicyclic) bond motifs is 2. The maximum atomic E-state index is 11.9. The van der Waals surface area contributed by atoms with Gasteiger partial charge in [-0.25, -0.2) is 0 Å². The van der Waals surface area contributed by atoms with Gasteiger partial charge in [0.05, 0.1) is 24.7 Å². The van der Waals surface area contributed by atoms with Gasteiger partial charge >= 0.3 is 5.97 Å². The highest BCUT2D eigenvalue weighted by Crippen LogP contribution is 2.66. The second-order valence-corrected chi connectivity index (χ2v) is 9.57. The maximum Gasteiger partial charge on any atom is 0.308 e. The zero-order valence-electron chi connectivity index (χ0n) is 16.3. The molecule has 3 heteroatoms. The Morgan fingerprint density at radius 1 is 1.21 bits per heavy atom. The smallest absolute Gasteiger partial charge is 0.308 e. The van der Waals surface area contributed by atoms with E-state index in [4.69, 9.17) is 9.47 Å². The van der Waals surface area contributed by atoms with Gasteiger partial charge in [-0.15, -0.1) is 0 Å². The van der Waals surface area contributed by atoms with Crippen LogP contribution in [-0.4, -0.2) is 24.3 Å². The number of carbonyl (C=O) groups excluding carboxylic acids is 1. The van der Waals surface area contributed by atoms with Crippen LogP contribution in [0.4, 0.5) is 0 Å². The number of methoxy groups -OCH3 is 1. The topological polar surface area (TPSA) is 35.5 Å². The molecule has 3 rings (SSSR count). The van der Waals surface area contributed by atoms with Crippen LogP contribution in [0.25, 0.3) is 0 Å². The van der Waals surface area contributed by atoms with Crippen LogP contribution >= 0.6 is 0 Å². The van der Waals surface area contributed by atoms with Crippen molar-refractivity contribution in [1.29, 1.82) is 0 Å². The van der Waals surface area contributed by atoms with Crippen LogP contribution in [0.5, 0.6) is 0 Å². The minimum atomic E-state index is -0.408. The number of allylic oxidation sites excluding steroid dienone is 1. The molecule has 3 aliphatic rings. The molecule has 1 spiro atoms. The third-order valence-corrected chi connectivity index (χ3v) is 7.62. The van der Waals surface area contributed by atoms with Gasteiger partial charge in [0.1, 0.15) is 0 Å². The second kappa shape index (κ2) is 5.59. The highest BCUT2D eigenvalue weighted by atomic mass is 16.5. The molecular weight excluding hydrogens is 300 g/mol. The lowest BCUT2D eigenvalue weighted by atomic mass is 9.46. The van der Waals surface area contributed by atoms with Gasteiger partial charge in [0.25, 0.3) is 0 Å². The molecule has 1 saturated heterocycles. The van der Waals surface area contributed by atoms with E-state index in [1.807, 2.05) is 0 Å². The second-order valence-electron chi connectivity index (χ2n) is 9.57. The van der Waals surface area contributed by atoms with Crippen LogP contribution in [0.15, 0.2) is 11.6 Å². The lowest BCUT2D eigenvalue weighted by Gasteiger charge is -2.61. The van der Waals surface area contributed by atoms with Gasteiger partial charge in [0, 0.05) is 5.41 Å². The fraction of sp³-hybridized carbons (Fsp3) is 0.857. The Morgan fingerprint density at radius 3 is 2.58 bits per heavy atom. The Hall–Kier alpha value is -0.830. The molecule has 1 saturated carbocycles. The largest absolute Gasteiger partial charge is 0.469 e. The van der Waals surface area contributed by atoms with Gasteiger partial charge in [-0.2, -0.15) is 0 Å². The molecule has 4 atom stereocenters. The number of rotatable bonds is 2. The van der Waals surface area contributed by atoms with Crippen molar-refractivity contribution in [2.45, 2.75) is 90.8 Å². The van der Waals surface area contributed by atoms with Gasteiger partial charge < -0.3 is 9.47 Å². The first-order valence-electron chi connectivity index (χ1n) is 9.53. The van der Waals surface area contributed by atoms with Crippen molar-refractivity contribution >= 4 is 5.97 Å². The number of carbonyl (C=O) groups is 1. The first-order valence-corrected chi connectivity index (χ1v) is 9.53. The Bertz CT molecular complexity index is 563. The summed E-state index contributed by atoms with van der Waals surface area (Å²) < 4.78 is 11.8. The van der Waals surface area contributed by atoms with Crippen molar-refractivity contribution in [2.24, 2.45) is 16.7 Å². The summed E-state index contributed by atoms with van der Waals surface area (Å²) in [5.74, 6) is 0.473.